The number of benzene rings is 2. The first kappa shape index (κ1) is 16.1. The van der Waals surface area contributed by atoms with Gasteiger partial charge in [-0.15, -0.1) is 0 Å². The molecule has 2 aromatic carbocycles. The summed E-state index contributed by atoms with van der Waals surface area (Å²) in [5.74, 6) is 0. The van der Waals surface area contributed by atoms with E-state index in [4.69, 9.17) is 17.3 Å². The van der Waals surface area contributed by atoms with Gasteiger partial charge in [0.05, 0.1) is 10.7 Å². The Balaban J connectivity index is 2.45. The van der Waals surface area contributed by atoms with Crippen LogP contribution in [0, 0.1) is 13.8 Å². The lowest BCUT2D eigenvalue weighted by molar-refractivity contribution is 0.601. The van der Waals surface area contributed by atoms with Crippen LogP contribution in [0.25, 0.3) is 0 Å². The van der Waals surface area contributed by atoms with Crippen molar-refractivity contribution in [1.82, 2.24) is 0 Å². The van der Waals surface area contributed by atoms with Crippen molar-refractivity contribution in [2.75, 3.05) is 10.5 Å². The Kier molecular flexibility index (Phi) is 4.51. The van der Waals surface area contributed by atoms with Gasteiger partial charge in [-0.25, -0.2) is 8.42 Å². The number of rotatable bonds is 3. The molecule has 0 heterocycles. The number of hydrogen-bond donors (Lipinski definition) is 2. The van der Waals surface area contributed by atoms with Gasteiger partial charge < -0.3 is 5.73 Å². The number of nitrogens with two attached hydrogens (primary N) is 1. The number of halogens is 2. The van der Waals surface area contributed by atoms with E-state index < -0.39 is 10.0 Å². The molecule has 0 spiro atoms. The second kappa shape index (κ2) is 5.87. The molecule has 0 aromatic heterocycles. The largest absolute Gasteiger partial charge is 0.398 e. The van der Waals surface area contributed by atoms with Crippen molar-refractivity contribution in [1.29, 1.82) is 0 Å². The maximum absolute atomic E-state index is 12.4. The molecule has 0 aliphatic heterocycles. The van der Waals surface area contributed by atoms with Crippen LogP contribution < -0.4 is 10.5 Å². The van der Waals surface area contributed by atoms with Gasteiger partial charge in [-0.1, -0.05) is 27.5 Å². The van der Waals surface area contributed by atoms with E-state index in [-0.39, 0.29) is 9.92 Å². The normalized spacial score (nSPS) is 11.4. The molecule has 3 N–H and O–H groups in total. The van der Waals surface area contributed by atoms with Gasteiger partial charge in [0.15, 0.2) is 0 Å². The Hall–Kier alpha value is -1.24. The van der Waals surface area contributed by atoms with Gasteiger partial charge in [-0.3, -0.25) is 4.72 Å². The van der Waals surface area contributed by atoms with Gasteiger partial charge in [-0.05, 0) is 55.3 Å². The number of anilines is 2. The number of hydrogen-bond acceptors (Lipinski definition) is 3. The summed E-state index contributed by atoms with van der Waals surface area (Å²) in [5, 5.41) is 0.140. The third kappa shape index (κ3) is 3.70. The Bertz CT molecular complexity index is 787. The van der Waals surface area contributed by atoms with Crippen molar-refractivity contribution in [3.63, 3.8) is 0 Å². The highest BCUT2D eigenvalue weighted by molar-refractivity contribution is 9.10. The minimum Gasteiger partial charge on any atom is -0.398 e. The molecule has 0 unspecified atom stereocenters. The minimum absolute atomic E-state index is 0.0371. The van der Waals surface area contributed by atoms with Crippen molar-refractivity contribution in [3.05, 3.63) is 51.0 Å². The van der Waals surface area contributed by atoms with Gasteiger partial charge in [0.2, 0.25) is 0 Å². The molecule has 2 rings (SSSR count). The number of nitrogens with one attached hydrogen (secondary N) is 1. The summed E-state index contributed by atoms with van der Waals surface area (Å²) in [6, 6.07) is 8.20. The van der Waals surface area contributed by atoms with E-state index in [1.54, 1.807) is 19.1 Å². The van der Waals surface area contributed by atoms with Crippen molar-refractivity contribution < 1.29 is 8.42 Å². The fraction of sp³-hybridized carbons (Fsp3) is 0.143. The van der Waals surface area contributed by atoms with Crippen molar-refractivity contribution in [2.45, 2.75) is 18.7 Å². The summed E-state index contributed by atoms with van der Waals surface area (Å²) in [6.45, 7) is 3.64. The van der Waals surface area contributed by atoms with Crippen LogP contribution in [0.1, 0.15) is 11.1 Å². The van der Waals surface area contributed by atoms with E-state index >= 15 is 0 Å². The predicted octanol–water partition coefficient (Wildman–Crippen LogP) is 4.10. The lowest BCUT2D eigenvalue weighted by atomic mass is 10.2. The van der Waals surface area contributed by atoms with E-state index in [0.29, 0.717) is 11.4 Å². The zero-order valence-electron chi connectivity index (χ0n) is 11.4. The molecular weight excluding hydrogens is 376 g/mol. The molecule has 0 amide bonds. The zero-order valence-corrected chi connectivity index (χ0v) is 14.6. The SMILES string of the molecule is Cc1cc(Br)cc(NS(=O)(=O)c2cc(N)c(C)cc2Cl)c1. The fourth-order valence-corrected chi connectivity index (χ4v) is 4.15. The monoisotopic (exact) mass is 388 g/mol. The highest BCUT2D eigenvalue weighted by atomic mass is 79.9. The number of nitrogen functional groups attached to an aromatic ring is 1. The molecule has 21 heavy (non-hydrogen) atoms. The first-order valence-corrected chi connectivity index (χ1v) is 8.70. The highest BCUT2D eigenvalue weighted by Gasteiger charge is 2.19. The molecule has 0 radical (unpaired) electrons. The third-order valence-electron chi connectivity index (χ3n) is 2.90. The smallest absolute Gasteiger partial charge is 0.263 e. The Morgan fingerprint density at radius 3 is 2.43 bits per heavy atom. The Morgan fingerprint density at radius 2 is 1.81 bits per heavy atom. The topological polar surface area (TPSA) is 72.2 Å². The quantitative estimate of drug-likeness (QED) is 0.776. The van der Waals surface area contributed by atoms with E-state index in [1.165, 1.54) is 12.1 Å². The molecule has 0 fully saturated rings. The number of aryl methyl sites for hydroxylation is 2. The molecule has 0 saturated heterocycles. The summed E-state index contributed by atoms with van der Waals surface area (Å²) in [6.07, 6.45) is 0. The maximum atomic E-state index is 12.4. The van der Waals surface area contributed by atoms with E-state index in [1.807, 2.05) is 13.0 Å². The van der Waals surface area contributed by atoms with Crippen LogP contribution in [-0.4, -0.2) is 8.42 Å². The minimum atomic E-state index is -3.80. The van der Waals surface area contributed by atoms with Gasteiger partial charge in [0, 0.05) is 10.2 Å². The van der Waals surface area contributed by atoms with Gasteiger partial charge in [0.1, 0.15) is 4.90 Å². The van der Waals surface area contributed by atoms with Crippen LogP contribution in [0.15, 0.2) is 39.7 Å². The molecule has 2 aromatic rings. The molecule has 0 aliphatic carbocycles. The van der Waals surface area contributed by atoms with Gasteiger partial charge in [-0.2, -0.15) is 0 Å². The summed E-state index contributed by atoms with van der Waals surface area (Å²) < 4.78 is 28.2. The van der Waals surface area contributed by atoms with Gasteiger partial charge in [0.25, 0.3) is 10.0 Å². The standard InChI is InChI=1S/C14H14BrClN2O2S/c1-8-3-10(15)6-11(4-8)18-21(19,20)14-7-13(17)9(2)5-12(14)16/h3-7,18H,17H2,1-2H3. The summed E-state index contributed by atoms with van der Waals surface area (Å²) in [4.78, 5) is -0.0371. The van der Waals surface area contributed by atoms with Crippen molar-refractivity contribution in [2.24, 2.45) is 0 Å². The molecule has 0 atom stereocenters. The third-order valence-corrected chi connectivity index (χ3v) is 5.21. The average Bonchev–Trinajstić information content (AvgIpc) is 2.31. The first-order chi connectivity index (χ1) is 9.69. The molecule has 112 valence electrons. The maximum Gasteiger partial charge on any atom is 0.263 e. The van der Waals surface area contributed by atoms with Crippen LogP contribution in [0.2, 0.25) is 5.02 Å². The van der Waals surface area contributed by atoms with Crippen molar-refractivity contribution in [3.8, 4) is 0 Å². The molecule has 0 aliphatic rings. The molecular formula is C14H14BrClN2O2S. The Morgan fingerprint density at radius 1 is 1.14 bits per heavy atom. The van der Waals surface area contributed by atoms with Crippen LogP contribution in [0.4, 0.5) is 11.4 Å². The molecule has 4 nitrogen and oxygen atoms in total. The van der Waals surface area contributed by atoms with Gasteiger partial charge >= 0.3 is 0 Å². The molecule has 0 bridgehead atoms. The Labute approximate surface area is 137 Å². The second-order valence-electron chi connectivity index (χ2n) is 4.76. The summed E-state index contributed by atoms with van der Waals surface area (Å²) >= 11 is 9.36. The van der Waals surface area contributed by atoms with E-state index in [0.717, 1.165) is 15.6 Å². The lowest BCUT2D eigenvalue weighted by Gasteiger charge is -2.12. The van der Waals surface area contributed by atoms with Crippen molar-refractivity contribution >= 4 is 48.9 Å². The highest BCUT2D eigenvalue weighted by Crippen LogP contribution is 2.29. The fourth-order valence-electron chi connectivity index (χ4n) is 1.88. The first-order valence-electron chi connectivity index (χ1n) is 6.04. The van der Waals surface area contributed by atoms with Crippen LogP contribution in [0.3, 0.4) is 0 Å². The van der Waals surface area contributed by atoms with Crippen LogP contribution >= 0.6 is 27.5 Å². The van der Waals surface area contributed by atoms with Crippen LogP contribution in [-0.2, 0) is 10.0 Å². The molecule has 0 saturated carbocycles. The van der Waals surface area contributed by atoms with E-state index in [9.17, 15) is 8.42 Å². The lowest BCUT2D eigenvalue weighted by Crippen LogP contribution is -2.14. The second-order valence-corrected chi connectivity index (χ2v) is 7.74. The van der Waals surface area contributed by atoms with E-state index in [2.05, 4.69) is 20.7 Å². The van der Waals surface area contributed by atoms with Crippen LogP contribution in [0.5, 0.6) is 0 Å². The summed E-state index contributed by atoms with van der Waals surface area (Å²) in [7, 11) is -3.80. The summed E-state index contributed by atoms with van der Waals surface area (Å²) in [5.41, 5.74) is 8.27. The predicted molar refractivity (Wildman–Crippen MR) is 90.3 cm³/mol. The number of sulfonamides is 1. The zero-order chi connectivity index (χ0) is 15.8. The average molecular weight is 390 g/mol. The molecule has 7 heteroatoms.